The molecule has 11 heteroatoms. The molecule has 10 nitrogen and oxygen atoms in total. The molecular formula is C30H28FN5O5. The number of imidazole rings is 1. The number of nitrogens with zero attached hydrogens (tertiary/aromatic N) is 4. The summed E-state index contributed by atoms with van der Waals surface area (Å²) < 4.78 is 20.0. The van der Waals surface area contributed by atoms with Crippen LogP contribution < -0.4 is 9.64 Å². The molecule has 0 aliphatic carbocycles. The second kappa shape index (κ2) is 10.6. The van der Waals surface area contributed by atoms with Crippen LogP contribution in [0.1, 0.15) is 30.0 Å². The number of aromatic amines is 1. The van der Waals surface area contributed by atoms with E-state index in [4.69, 9.17) is 4.74 Å². The van der Waals surface area contributed by atoms with Crippen LogP contribution in [0, 0.1) is 5.82 Å². The van der Waals surface area contributed by atoms with Crippen molar-refractivity contribution in [2.45, 2.75) is 25.4 Å². The van der Waals surface area contributed by atoms with Gasteiger partial charge in [0.15, 0.2) is 0 Å². The number of aromatic nitrogens is 2. The third-order valence-corrected chi connectivity index (χ3v) is 7.63. The average Bonchev–Trinajstić information content (AvgIpc) is 3.28. The number of carboxylic acid groups (broad SMARTS) is 1. The van der Waals surface area contributed by atoms with E-state index in [1.165, 1.54) is 19.2 Å². The van der Waals surface area contributed by atoms with Crippen LogP contribution in [0.2, 0.25) is 0 Å². The lowest BCUT2D eigenvalue weighted by Gasteiger charge is -2.38. The van der Waals surface area contributed by atoms with Crippen molar-refractivity contribution < 1.29 is 28.6 Å². The topological polar surface area (TPSA) is 119 Å². The first-order chi connectivity index (χ1) is 19.8. The number of hydrogen-bond donors (Lipinski definition) is 2. The van der Waals surface area contributed by atoms with E-state index in [-0.39, 0.29) is 37.1 Å². The van der Waals surface area contributed by atoms with Crippen LogP contribution >= 0.6 is 0 Å². The summed E-state index contributed by atoms with van der Waals surface area (Å²) in [6, 6.07) is 16.8. The number of halogens is 1. The van der Waals surface area contributed by atoms with Gasteiger partial charge in [0.05, 0.1) is 30.2 Å². The summed E-state index contributed by atoms with van der Waals surface area (Å²) in [6.45, 7) is 1.26. The number of carbonyl (C=O) groups is 3. The number of likely N-dealkylation sites (tertiary alicyclic amines) is 1. The maximum Gasteiger partial charge on any atom is 0.413 e. The van der Waals surface area contributed by atoms with Crippen molar-refractivity contribution in [1.82, 2.24) is 19.8 Å². The minimum Gasteiger partial charge on any atom is -0.491 e. The Labute approximate surface area is 234 Å². The minimum atomic E-state index is -1.12. The van der Waals surface area contributed by atoms with Crippen LogP contribution in [0.4, 0.5) is 19.9 Å². The van der Waals surface area contributed by atoms with E-state index in [9.17, 15) is 23.9 Å². The lowest BCUT2D eigenvalue weighted by atomic mass is 9.94. The number of anilines is 1. The fraction of sp³-hybridized carbons (Fsp3) is 0.267. The van der Waals surface area contributed by atoms with Crippen LogP contribution in [-0.4, -0.2) is 69.5 Å². The number of rotatable bonds is 3. The first kappa shape index (κ1) is 26.3. The molecule has 3 aromatic carbocycles. The number of amides is 3. The first-order valence-corrected chi connectivity index (χ1v) is 13.3. The number of nitrogens with one attached hydrogen (secondary N) is 1. The van der Waals surface area contributed by atoms with E-state index in [0.717, 1.165) is 21.6 Å². The minimum absolute atomic E-state index is 0.0495. The molecule has 1 saturated heterocycles. The van der Waals surface area contributed by atoms with Gasteiger partial charge in [0.2, 0.25) is 5.95 Å². The Morgan fingerprint density at radius 3 is 2.71 bits per heavy atom. The van der Waals surface area contributed by atoms with Crippen LogP contribution in [-0.2, 0) is 11.3 Å². The summed E-state index contributed by atoms with van der Waals surface area (Å²) in [7, 11) is 1.42. The molecule has 6 rings (SSSR count). The molecule has 1 aromatic heterocycles. The van der Waals surface area contributed by atoms with Gasteiger partial charge >= 0.3 is 12.1 Å². The molecule has 3 heterocycles. The molecule has 3 amide bonds. The number of benzene rings is 3. The van der Waals surface area contributed by atoms with E-state index in [1.54, 1.807) is 21.9 Å². The summed E-state index contributed by atoms with van der Waals surface area (Å²) in [4.78, 5) is 49.2. The predicted octanol–water partition coefficient (Wildman–Crippen LogP) is 5.20. The first-order valence-electron chi connectivity index (χ1n) is 13.3. The predicted molar refractivity (Wildman–Crippen MR) is 149 cm³/mol. The summed E-state index contributed by atoms with van der Waals surface area (Å²) in [5.41, 5.74) is 4.55. The van der Waals surface area contributed by atoms with Crippen molar-refractivity contribution in [1.29, 1.82) is 0 Å². The molecule has 2 aliphatic rings. The van der Waals surface area contributed by atoms with Crippen molar-refractivity contribution in [2.75, 3.05) is 31.6 Å². The quantitative estimate of drug-likeness (QED) is 0.357. The van der Waals surface area contributed by atoms with Crippen molar-refractivity contribution in [3.8, 4) is 16.9 Å². The highest BCUT2D eigenvalue weighted by Gasteiger charge is 2.35. The Morgan fingerprint density at radius 1 is 1.10 bits per heavy atom. The highest BCUT2D eigenvalue weighted by Crippen LogP contribution is 2.34. The zero-order valence-corrected chi connectivity index (χ0v) is 22.3. The van der Waals surface area contributed by atoms with Gasteiger partial charge in [-0.2, -0.15) is 0 Å². The fourth-order valence-electron chi connectivity index (χ4n) is 5.41. The zero-order chi connectivity index (χ0) is 28.7. The number of ketones is 1. The van der Waals surface area contributed by atoms with Crippen molar-refractivity contribution in [3.63, 3.8) is 0 Å². The third kappa shape index (κ3) is 5.18. The number of urea groups is 1. The van der Waals surface area contributed by atoms with Gasteiger partial charge in [-0.1, -0.05) is 24.3 Å². The molecule has 4 aromatic rings. The summed E-state index contributed by atoms with van der Waals surface area (Å²) in [6.07, 6.45) is -0.698. The summed E-state index contributed by atoms with van der Waals surface area (Å²) in [5, 5.41) is 9.26. The highest BCUT2D eigenvalue weighted by atomic mass is 19.1. The maximum absolute atomic E-state index is 14.0. The summed E-state index contributed by atoms with van der Waals surface area (Å²) >= 11 is 0. The van der Waals surface area contributed by atoms with E-state index < -0.39 is 18.0 Å². The number of H-pyrrole nitrogens is 1. The molecule has 1 fully saturated rings. The van der Waals surface area contributed by atoms with E-state index in [1.807, 2.05) is 36.4 Å². The molecule has 1 unspecified atom stereocenters. The average molecular weight is 558 g/mol. The highest BCUT2D eigenvalue weighted by molar-refractivity contribution is 5.89. The van der Waals surface area contributed by atoms with Crippen molar-refractivity contribution in [3.05, 3.63) is 77.6 Å². The van der Waals surface area contributed by atoms with Crippen molar-refractivity contribution >= 4 is 34.9 Å². The molecule has 2 N–H and O–H groups in total. The number of carbonyl (C=O) groups excluding carboxylic acids is 2. The monoisotopic (exact) mass is 557 g/mol. The molecule has 0 radical (unpaired) electrons. The fourth-order valence-corrected chi connectivity index (χ4v) is 5.41. The third-order valence-electron chi connectivity index (χ3n) is 7.63. The SMILES string of the molecule is CN(C(=O)O)c1nc2ccc(-c3ccc4c(c3)CN(C(=O)N3CCC(=O)CC3c3cccc(F)c3)CCO4)cc2[nH]1. The standard InChI is InChI=1S/C30H28FN5O5/c1-34(30(39)40)28-32-24-7-5-19(15-25(24)33-28)18-6-8-27-21(13-18)17-35(11-12-41-27)29(38)36-10-9-23(37)16-26(36)20-3-2-4-22(31)14-20/h2-8,13-15,26H,9-12,16-17H2,1H3,(H,32,33)(H,39,40). The lowest BCUT2D eigenvalue weighted by Crippen LogP contribution is -2.48. The van der Waals surface area contributed by atoms with E-state index >= 15 is 0 Å². The molecule has 0 bridgehead atoms. The molecule has 0 spiro atoms. The Balaban J connectivity index is 1.27. The smallest absolute Gasteiger partial charge is 0.413 e. The van der Waals surface area contributed by atoms with Crippen LogP contribution in [0.25, 0.3) is 22.2 Å². The number of ether oxygens (including phenoxy) is 1. The molecule has 0 saturated carbocycles. The Bertz CT molecular complexity index is 1670. The summed E-state index contributed by atoms with van der Waals surface area (Å²) in [5.74, 6) is 0.557. The Morgan fingerprint density at radius 2 is 1.90 bits per heavy atom. The largest absolute Gasteiger partial charge is 0.491 e. The van der Waals surface area contributed by atoms with E-state index in [0.29, 0.717) is 42.0 Å². The second-order valence-corrected chi connectivity index (χ2v) is 10.3. The van der Waals surface area contributed by atoms with Gasteiger partial charge in [0, 0.05) is 32.0 Å². The van der Waals surface area contributed by atoms with Crippen molar-refractivity contribution in [2.24, 2.45) is 0 Å². The van der Waals surface area contributed by atoms with Gasteiger partial charge in [-0.15, -0.1) is 0 Å². The van der Waals surface area contributed by atoms with Gasteiger partial charge in [-0.05, 0) is 53.1 Å². The number of fused-ring (bicyclic) bond motifs is 2. The Hall–Kier alpha value is -4.93. The second-order valence-electron chi connectivity index (χ2n) is 10.3. The number of hydrogen-bond acceptors (Lipinski definition) is 5. The van der Waals surface area contributed by atoms with Gasteiger partial charge < -0.3 is 24.6 Å². The maximum atomic E-state index is 14.0. The zero-order valence-electron chi connectivity index (χ0n) is 22.3. The van der Waals surface area contributed by atoms with Gasteiger partial charge in [-0.25, -0.2) is 19.0 Å². The molecule has 210 valence electrons. The molecule has 1 atom stereocenters. The van der Waals surface area contributed by atoms with Gasteiger partial charge in [0.1, 0.15) is 24.0 Å². The number of piperidine rings is 1. The van der Waals surface area contributed by atoms with Gasteiger partial charge in [0.25, 0.3) is 0 Å². The normalized spacial score (nSPS) is 17.1. The van der Waals surface area contributed by atoms with Crippen LogP contribution in [0.15, 0.2) is 60.7 Å². The number of Topliss-reactive ketones (excluding diaryl/α,β-unsaturated/α-hetero) is 1. The van der Waals surface area contributed by atoms with E-state index in [2.05, 4.69) is 9.97 Å². The van der Waals surface area contributed by atoms with Gasteiger partial charge in [-0.3, -0.25) is 9.69 Å². The van der Waals surface area contributed by atoms with Crippen LogP contribution in [0.3, 0.4) is 0 Å². The van der Waals surface area contributed by atoms with Crippen LogP contribution in [0.5, 0.6) is 5.75 Å². The Kier molecular flexibility index (Phi) is 6.78. The molecule has 2 aliphatic heterocycles. The lowest BCUT2D eigenvalue weighted by molar-refractivity contribution is -0.122. The molecular weight excluding hydrogens is 529 g/mol. The molecule has 41 heavy (non-hydrogen) atoms.